The van der Waals surface area contributed by atoms with Crippen LogP contribution in [0.3, 0.4) is 0 Å². The van der Waals surface area contributed by atoms with E-state index in [0.717, 1.165) is 41.4 Å². The number of pyridine rings is 1. The normalized spacial score (nSPS) is 22.5. The smallest absolute Gasteiger partial charge is 0.531 e. The Bertz CT molecular complexity index is 950. The van der Waals surface area contributed by atoms with Gasteiger partial charge in [0.2, 0.25) is 10.0 Å². The number of rotatable bonds is 6. The largest absolute Gasteiger partial charge is 0.552 e. The number of sulfonamides is 1. The zero-order valence-corrected chi connectivity index (χ0v) is 15.4. The fourth-order valence-corrected chi connectivity index (χ4v) is 5.22. The third-order valence-electron chi connectivity index (χ3n) is 5.10. The minimum Gasteiger partial charge on any atom is -0.531 e. The van der Waals surface area contributed by atoms with E-state index < -0.39 is 17.1 Å². The van der Waals surface area contributed by atoms with Crippen molar-refractivity contribution < 1.29 is 18.1 Å². The molecule has 0 spiro atoms. The van der Waals surface area contributed by atoms with Crippen LogP contribution in [-0.2, 0) is 10.0 Å². The molecule has 1 aliphatic carbocycles. The van der Waals surface area contributed by atoms with Crippen LogP contribution in [0.1, 0.15) is 38.2 Å². The van der Waals surface area contributed by atoms with Gasteiger partial charge >= 0.3 is 7.12 Å². The number of fused-ring (bicyclic) bond motifs is 3. The van der Waals surface area contributed by atoms with Gasteiger partial charge in [-0.15, -0.1) is 0 Å². The van der Waals surface area contributed by atoms with Crippen LogP contribution in [0.2, 0.25) is 0 Å². The summed E-state index contributed by atoms with van der Waals surface area (Å²) in [5, 5.41) is 11.0. The molecule has 0 saturated heterocycles. The van der Waals surface area contributed by atoms with E-state index in [9.17, 15) is 13.4 Å². The van der Waals surface area contributed by atoms with Crippen LogP contribution < -0.4 is 9.38 Å². The van der Waals surface area contributed by atoms with Crippen LogP contribution in [0.25, 0.3) is 16.6 Å². The van der Waals surface area contributed by atoms with E-state index in [2.05, 4.69) is 14.7 Å². The van der Waals surface area contributed by atoms with Crippen LogP contribution in [0.15, 0.2) is 24.4 Å². The monoisotopic (exact) mass is 375 g/mol. The second-order valence-corrected chi connectivity index (χ2v) is 8.90. The van der Waals surface area contributed by atoms with Crippen LogP contribution in [0.4, 0.5) is 0 Å². The number of nitrogens with zero attached hydrogens (tertiary/aromatic N) is 1. The molecular weight excluding hydrogens is 353 g/mol. The van der Waals surface area contributed by atoms with Crippen LogP contribution in [-0.4, -0.2) is 42.3 Å². The minimum absolute atomic E-state index is 0.0465. The number of hydrogen-bond donors (Lipinski definition) is 3. The lowest BCUT2D eigenvalue weighted by Gasteiger charge is -2.39. The molecule has 0 aromatic carbocycles. The lowest BCUT2D eigenvalue weighted by molar-refractivity contribution is 0.308. The Balaban J connectivity index is 1.52. The average Bonchev–Trinajstić information content (AvgIpc) is 3.03. The van der Waals surface area contributed by atoms with Crippen molar-refractivity contribution in [3.05, 3.63) is 30.0 Å². The van der Waals surface area contributed by atoms with E-state index in [1.165, 1.54) is 0 Å². The first-order valence-corrected chi connectivity index (χ1v) is 10.6. The van der Waals surface area contributed by atoms with Gasteiger partial charge in [0, 0.05) is 23.2 Å². The first kappa shape index (κ1) is 17.6. The fraction of sp³-hybridized carbons (Fsp3) is 0.471. The van der Waals surface area contributed by atoms with Gasteiger partial charge in [-0.3, -0.25) is 0 Å². The fourth-order valence-electron chi connectivity index (χ4n) is 3.73. The van der Waals surface area contributed by atoms with Crippen molar-refractivity contribution in [1.29, 1.82) is 0 Å². The molecule has 0 unspecified atom stereocenters. The highest BCUT2D eigenvalue weighted by Gasteiger charge is 2.38. The molecule has 3 N–H and O–H groups in total. The molecule has 0 radical (unpaired) electrons. The molecule has 1 fully saturated rings. The van der Waals surface area contributed by atoms with E-state index in [4.69, 9.17) is 4.65 Å². The summed E-state index contributed by atoms with van der Waals surface area (Å²) in [5.41, 5.74) is 2.72. The summed E-state index contributed by atoms with van der Waals surface area (Å²) >= 11 is 0. The second kappa shape index (κ2) is 6.72. The Morgan fingerprint density at radius 2 is 2.27 bits per heavy atom. The molecule has 9 heteroatoms. The molecule has 7 nitrogen and oxygen atoms in total. The van der Waals surface area contributed by atoms with Gasteiger partial charge in [0.15, 0.2) is 0 Å². The standard InChI is InChI=1S/C17H22BN3O4S/c1-2-3-6-26(23,24)21-12-7-11(8-12)14-9-18(22)25-15-10-20-17-13(16(14)15)4-5-19-17/h4-5,9-12,21-22H,2-3,6-8H2,1H3,(H,19,20). The summed E-state index contributed by atoms with van der Waals surface area (Å²) in [6.07, 6.45) is 6.41. The molecule has 0 bridgehead atoms. The Kier molecular flexibility index (Phi) is 4.54. The Hall–Kier alpha value is -1.84. The number of H-pyrrole nitrogens is 1. The highest BCUT2D eigenvalue weighted by Crippen LogP contribution is 2.46. The maximum atomic E-state index is 12.1. The summed E-state index contributed by atoms with van der Waals surface area (Å²) in [6, 6.07) is 1.90. The second-order valence-electron chi connectivity index (χ2n) is 7.02. The predicted octanol–water partition coefficient (Wildman–Crippen LogP) is 1.86. The maximum absolute atomic E-state index is 12.1. The molecular formula is C17H22BN3O4S. The lowest BCUT2D eigenvalue weighted by atomic mass is 9.68. The molecule has 138 valence electrons. The Labute approximate surface area is 153 Å². The van der Waals surface area contributed by atoms with Crippen molar-refractivity contribution in [2.75, 3.05) is 5.75 Å². The number of unbranched alkanes of at least 4 members (excludes halogenated alkanes) is 1. The zero-order valence-electron chi connectivity index (χ0n) is 14.6. The highest BCUT2D eigenvalue weighted by atomic mass is 32.2. The van der Waals surface area contributed by atoms with E-state index in [0.29, 0.717) is 12.2 Å². The van der Waals surface area contributed by atoms with Crippen molar-refractivity contribution in [2.45, 2.75) is 38.6 Å². The number of aromatic nitrogens is 2. The summed E-state index contributed by atoms with van der Waals surface area (Å²) in [7, 11) is -4.22. The van der Waals surface area contributed by atoms with Gasteiger partial charge in [-0.1, -0.05) is 13.3 Å². The van der Waals surface area contributed by atoms with E-state index in [-0.39, 0.29) is 17.7 Å². The molecule has 1 aliphatic heterocycles. The van der Waals surface area contributed by atoms with Gasteiger partial charge in [0.25, 0.3) is 0 Å². The molecule has 2 aromatic rings. The number of hydrogen-bond acceptors (Lipinski definition) is 5. The third-order valence-corrected chi connectivity index (χ3v) is 6.62. The molecule has 2 aromatic heterocycles. The summed E-state index contributed by atoms with van der Waals surface area (Å²) in [5.74, 6) is 2.65. The van der Waals surface area contributed by atoms with E-state index >= 15 is 0 Å². The summed E-state index contributed by atoms with van der Waals surface area (Å²) in [4.78, 5) is 7.40. The highest BCUT2D eigenvalue weighted by molar-refractivity contribution is 7.89. The maximum Gasteiger partial charge on any atom is 0.552 e. The summed E-state index contributed by atoms with van der Waals surface area (Å²) in [6.45, 7) is 1.98. The van der Waals surface area contributed by atoms with Crippen molar-refractivity contribution in [3.8, 4) is 5.75 Å². The van der Waals surface area contributed by atoms with Gasteiger partial charge in [-0.05, 0) is 42.8 Å². The number of aromatic amines is 1. The van der Waals surface area contributed by atoms with E-state index in [1.807, 2.05) is 19.2 Å². The topological polar surface area (TPSA) is 104 Å². The quantitative estimate of drug-likeness (QED) is 0.669. The summed E-state index contributed by atoms with van der Waals surface area (Å²) < 4.78 is 32.4. The SMILES string of the molecule is CCCCS(=O)(=O)NC1CC(C2=CB(O)Oc3cnc4[nH]ccc4c32)C1. The Morgan fingerprint density at radius 1 is 1.46 bits per heavy atom. The first-order chi connectivity index (χ1) is 12.5. The lowest BCUT2D eigenvalue weighted by Crippen LogP contribution is -2.45. The van der Waals surface area contributed by atoms with Crippen LogP contribution >= 0.6 is 0 Å². The van der Waals surface area contributed by atoms with Crippen molar-refractivity contribution in [2.24, 2.45) is 5.92 Å². The van der Waals surface area contributed by atoms with Gasteiger partial charge in [0.1, 0.15) is 11.4 Å². The van der Waals surface area contributed by atoms with Gasteiger partial charge in [-0.25, -0.2) is 18.1 Å². The molecule has 26 heavy (non-hydrogen) atoms. The van der Waals surface area contributed by atoms with Gasteiger partial charge < -0.3 is 14.7 Å². The first-order valence-electron chi connectivity index (χ1n) is 8.99. The number of nitrogens with one attached hydrogen (secondary N) is 2. The minimum atomic E-state index is -3.21. The molecule has 3 heterocycles. The van der Waals surface area contributed by atoms with E-state index in [1.54, 1.807) is 12.2 Å². The van der Waals surface area contributed by atoms with Crippen LogP contribution in [0, 0.1) is 5.92 Å². The Morgan fingerprint density at radius 3 is 3.04 bits per heavy atom. The molecule has 1 saturated carbocycles. The molecule has 0 atom stereocenters. The van der Waals surface area contributed by atoms with Crippen molar-refractivity contribution >= 4 is 33.7 Å². The third kappa shape index (κ3) is 3.26. The van der Waals surface area contributed by atoms with Gasteiger partial charge in [0.05, 0.1) is 11.9 Å². The van der Waals surface area contributed by atoms with Crippen molar-refractivity contribution in [3.63, 3.8) is 0 Å². The van der Waals surface area contributed by atoms with Gasteiger partial charge in [-0.2, -0.15) is 0 Å². The average molecular weight is 375 g/mol. The molecule has 2 aliphatic rings. The van der Waals surface area contributed by atoms with Crippen molar-refractivity contribution in [1.82, 2.24) is 14.7 Å². The molecule has 4 rings (SSSR count). The predicted molar refractivity (Wildman–Crippen MR) is 101 cm³/mol. The zero-order chi connectivity index (χ0) is 18.3. The van der Waals surface area contributed by atoms with Crippen LogP contribution in [0.5, 0.6) is 5.75 Å². The number of allylic oxidation sites excluding steroid dienone is 1. The molecule has 0 amide bonds.